The molecule has 0 bridgehead atoms. The maximum atomic E-state index is 12.4. The lowest BCUT2D eigenvalue weighted by atomic mass is 10.6. The Morgan fingerprint density at radius 1 is 0.515 bits per heavy atom. The summed E-state index contributed by atoms with van der Waals surface area (Å²) < 4.78 is 99.5. The van der Waals surface area contributed by atoms with Gasteiger partial charge in [0.2, 0.25) is 0 Å². The highest BCUT2D eigenvalue weighted by molar-refractivity contribution is 5.67. The van der Waals surface area contributed by atoms with E-state index in [2.05, 4.69) is 4.74 Å². The van der Waals surface area contributed by atoms with Crippen molar-refractivity contribution >= 4 is 5.97 Å². The molecule has 0 aliphatic heterocycles. The minimum absolute atomic E-state index is 0.00754. The van der Waals surface area contributed by atoms with E-state index in [1.165, 1.54) is 0 Å². The van der Waals surface area contributed by atoms with Crippen LogP contribution in [0.15, 0.2) is 0 Å². The predicted molar refractivity (Wildman–Crippen MR) is 100 cm³/mol. The quantitative estimate of drug-likeness (QED) is 0.153. The van der Waals surface area contributed by atoms with Gasteiger partial charge in [-0.1, -0.05) is 0 Å². The highest BCUT2D eigenvalue weighted by atomic mass is 19.4. The minimum Gasteiger partial charge on any atom is -0.480 e. The molecular formula is C18H31F5O10. The number of hydrogen-bond acceptors (Lipinski definition) is 9. The van der Waals surface area contributed by atoms with Crippen LogP contribution in [0.4, 0.5) is 22.0 Å². The van der Waals surface area contributed by atoms with Crippen molar-refractivity contribution in [3.63, 3.8) is 0 Å². The molecule has 0 aliphatic carbocycles. The molecule has 0 radical (unpaired) electrons. The Hall–Kier alpha value is -1.20. The summed E-state index contributed by atoms with van der Waals surface area (Å²) in [6, 6.07) is 0. The van der Waals surface area contributed by atoms with Gasteiger partial charge in [-0.05, 0) is 0 Å². The van der Waals surface area contributed by atoms with E-state index in [4.69, 9.17) is 38.3 Å². The Morgan fingerprint density at radius 2 is 0.788 bits per heavy atom. The number of halogens is 5. The van der Waals surface area contributed by atoms with E-state index in [1.54, 1.807) is 0 Å². The molecule has 0 aromatic carbocycles. The van der Waals surface area contributed by atoms with Crippen LogP contribution < -0.4 is 0 Å². The molecule has 0 saturated carbocycles. The van der Waals surface area contributed by atoms with E-state index in [-0.39, 0.29) is 46.2 Å². The molecule has 1 N–H and O–H groups in total. The van der Waals surface area contributed by atoms with E-state index in [9.17, 15) is 26.7 Å². The van der Waals surface area contributed by atoms with Gasteiger partial charge in [0.1, 0.15) is 6.61 Å². The monoisotopic (exact) mass is 502 g/mol. The van der Waals surface area contributed by atoms with Crippen molar-refractivity contribution in [3.8, 4) is 0 Å². The summed E-state index contributed by atoms with van der Waals surface area (Å²) in [5, 5.41) is 8.36. The molecule has 0 aliphatic rings. The zero-order valence-electron chi connectivity index (χ0n) is 18.1. The Bertz CT molecular complexity index is 468. The number of carboxylic acid groups (broad SMARTS) is 1. The van der Waals surface area contributed by atoms with Gasteiger partial charge in [0.25, 0.3) is 0 Å². The van der Waals surface area contributed by atoms with Crippen LogP contribution >= 0.6 is 0 Å². The van der Waals surface area contributed by atoms with Gasteiger partial charge < -0.3 is 43.0 Å². The summed E-state index contributed by atoms with van der Waals surface area (Å²) in [4.78, 5) is 10.2. The molecule has 0 aromatic heterocycles. The molecule has 0 rings (SSSR count). The fourth-order valence-electron chi connectivity index (χ4n) is 1.79. The van der Waals surface area contributed by atoms with Gasteiger partial charge in [0.15, 0.2) is 0 Å². The highest BCUT2D eigenvalue weighted by Gasteiger charge is 2.59. The fraction of sp³-hybridized carbons (Fsp3) is 0.944. The number of carboxylic acids is 1. The normalized spacial score (nSPS) is 12.4. The maximum absolute atomic E-state index is 12.4. The third-order valence-electron chi connectivity index (χ3n) is 3.30. The fourth-order valence-corrected chi connectivity index (χ4v) is 1.79. The van der Waals surface area contributed by atoms with Crippen LogP contribution in [-0.2, 0) is 42.7 Å². The summed E-state index contributed by atoms with van der Waals surface area (Å²) in [5.41, 5.74) is 0. The molecule has 0 aromatic rings. The van der Waals surface area contributed by atoms with E-state index in [0.29, 0.717) is 39.6 Å². The number of rotatable bonds is 24. The predicted octanol–water partition coefficient (Wildman–Crippen LogP) is 1.36. The standard InChI is InChI=1S/C18H31F5O10/c19-17(20,21)18(22,23)33-14-13-31-10-9-29-6-5-27-2-1-26-3-4-28-7-8-30-11-12-32-15-16(24)25/h1-15H2,(H,24,25). The van der Waals surface area contributed by atoms with Gasteiger partial charge in [-0.15, -0.1) is 0 Å². The Kier molecular flexibility index (Phi) is 19.5. The van der Waals surface area contributed by atoms with Crippen LogP contribution in [-0.4, -0.2) is 122 Å². The summed E-state index contributed by atoms with van der Waals surface area (Å²) >= 11 is 0. The van der Waals surface area contributed by atoms with Gasteiger partial charge in [-0.2, -0.15) is 22.0 Å². The third kappa shape index (κ3) is 21.1. The molecule has 15 heteroatoms. The third-order valence-corrected chi connectivity index (χ3v) is 3.30. The minimum atomic E-state index is -5.76. The van der Waals surface area contributed by atoms with Crippen LogP contribution in [0.1, 0.15) is 0 Å². The lowest BCUT2D eigenvalue weighted by Crippen LogP contribution is -2.39. The van der Waals surface area contributed by atoms with E-state index in [0.717, 1.165) is 0 Å². The lowest BCUT2D eigenvalue weighted by Gasteiger charge is -2.19. The second-order valence-corrected chi connectivity index (χ2v) is 5.98. The summed E-state index contributed by atoms with van der Waals surface area (Å²) in [6.07, 6.45) is -11.0. The summed E-state index contributed by atoms with van der Waals surface area (Å²) in [5.74, 6) is -1.03. The van der Waals surface area contributed by atoms with Crippen molar-refractivity contribution in [1.82, 2.24) is 0 Å². The van der Waals surface area contributed by atoms with Crippen molar-refractivity contribution in [2.45, 2.75) is 12.3 Å². The van der Waals surface area contributed by atoms with Crippen LogP contribution in [0.3, 0.4) is 0 Å². The molecule has 0 saturated heterocycles. The number of aliphatic carboxylic acids is 1. The molecule has 0 unspecified atom stereocenters. The van der Waals surface area contributed by atoms with Gasteiger partial charge in [0.05, 0.1) is 92.5 Å². The largest absolute Gasteiger partial charge is 0.482 e. The first-order chi connectivity index (χ1) is 15.7. The first kappa shape index (κ1) is 31.8. The van der Waals surface area contributed by atoms with Crippen molar-refractivity contribution < 1.29 is 69.7 Å². The van der Waals surface area contributed by atoms with Gasteiger partial charge >= 0.3 is 18.3 Å². The zero-order chi connectivity index (χ0) is 24.8. The van der Waals surface area contributed by atoms with Crippen LogP contribution in [0.5, 0.6) is 0 Å². The molecule has 0 spiro atoms. The summed E-state index contributed by atoms with van der Waals surface area (Å²) in [7, 11) is 0. The average molecular weight is 502 g/mol. The van der Waals surface area contributed by atoms with Crippen LogP contribution in [0.2, 0.25) is 0 Å². The van der Waals surface area contributed by atoms with Gasteiger partial charge in [-0.3, -0.25) is 0 Å². The van der Waals surface area contributed by atoms with E-state index < -0.39 is 31.5 Å². The molecule has 0 amide bonds. The lowest BCUT2D eigenvalue weighted by molar-refractivity contribution is -0.392. The van der Waals surface area contributed by atoms with Crippen LogP contribution in [0.25, 0.3) is 0 Å². The number of carbonyl (C=O) groups is 1. The van der Waals surface area contributed by atoms with Crippen LogP contribution in [0, 0.1) is 0 Å². The van der Waals surface area contributed by atoms with E-state index in [1.807, 2.05) is 0 Å². The molecule has 10 nitrogen and oxygen atoms in total. The second-order valence-electron chi connectivity index (χ2n) is 5.98. The molecule has 198 valence electrons. The van der Waals surface area contributed by atoms with Crippen molar-refractivity contribution in [1.29, 1.82) is 0 Å². The zero-order valence-corrected chi connectivity index (χ0v) is 18.1. The highest BCUT2D eigenvalue weighted by Crippen LogP contribution is 2.36. The summed E-state index contributed by atoms with van der Waals surface area (Å²) in [6.45, 7) is 1.61. The maximum Gasteiger partial charge on any atom is 0.482 e. The smallest absolute Gasteiger partial charge is 0.480 e. The van der Waals surface area contributed by atoms with Crippen molar-refractivity contribution in [2.75, 3.05) is 99.1 Å². The number of hydrogen-bond donors (Lipinski definition) is 1. The molecule has 0 heterocycles. The first-order valence-corrected chi connectivity index (χ1v) is 10.0. The van der Waals surface area contributed by atoms with Crippen molar-refractivity contribution in [2.24, 2.45) is 0 Å². The number of ether oxygens (including phenoxy) is 8. The topological polar surface area (TPSA) is 111 Å². The SMILES string of the molecule is O=C(O)COCCOCCOCCOCCOCCOCCOCCOC(F)(F)C(F)(F)F. The molecule has 0 atom stereocenters. The molecule has 0 fully saturated rings. The Balaban J connectivity index is 3.17. The molecule has 33 heavy (non-hydrogen) atoms. The van der Waals surface area contributed by atoms with Gasteiger partial charge in [0, 0.05) is 0 Å². The first-order valence-electron chi connectivity index (χ1n) is 10.0. The van der Waals surface area contributed by atoms with Gasteiger partial charge in [-0.25, -0.2) is 4.79 Å². The van der Waals surface area contributed by atoms with Crippen molar-refractivity contribution in [3.05, 3.63) is 0 Å². The average Bonchev–Trinajstić information content (AvgIpc) is 2.73. The Labute approximate surface area is 188 Å². The second kappa shape index (κ2) is 20.2. The number of alkyl halides is 5. The Morgan fingerprint density at radius 3 is 1.06 bits per heavy atom. The molecular weight excluding hydrogens is 471 g/mol. The van der Waals surface area contributed by atoms with E-state index >= 15 is 0 Å².